The number of carbonyl (C=O) groups excluding carboxylic acids is 2. The minimum absolute atomic E-state index is 0.0716. The van der Waals surface area contributed by atoms with Crippen LogP contribution in [0.2, 0.25) is 0 Å². The summed E-state index contributed by atoms with van der Waals surface area (Å²) in [5.41, 5.74) is 1.32. The molecule has 0 radical (unpaired) electrons. The summed E-state index contributed by atoms with van der Waals surface area (Å²) >= 11 is 0. The summed E-state index contributed by atoms with van der Waals surface area (Å²) in [5.74, 6) is -0.734. The highest BCUT2D eigenvalue weighted by Gasteiger charge is 2.27. The van der Waals surface area contributed by atoms with E-state index in [0.717, 1.165) is 25.0 Å². The lowest BCUT2D eigenvalue weighted by molar-refractivity contribution is -0.140. The summed E-state index contributed by atoms with van der Waals surface area (Å²) in [6.07, 6.45) is 3.32. The van der Waals surface area contributed by atoms with Gasteiger partial charge in [0.1, 0.15) is 17.1 Å². The summed E-state index contributed by atoms with van der Waals surface area (Å²) < 4.78 is 10.8. The largest absolute Gasteiger partial charge is 0.511 e. The van der Waals surface area contributed by atoms with Gasteiger partial charge in [0.05, 0.1) is 13.2 Å². The van der Waals surface area contributed by atoms with E-state index in [1.165, 1.54) is 12.5 Å². The van der Waals surface area contributed by atoms with Gasteiger partial charge in [-0.15, -0.1) is 0 Å². The lowest BCUT2D eigenvalue weighted by atomic mass is 9.72. The molecule has 31 heavy (non-hydrogen) atoms. The number of allylic oxidation sites excluding steroid dienone is 1. The normalized spacial score (nSPS) is 12.9. The van der Waals surface area contributed by atoms with Crippen LogP contribution in [0.3, 0.4) is 0 Å². The molecule has 0 fully saturated rings. The van der Waals surface area contributed by atoms with E-state index in [0.29, 0.717) is 13.0 Å². The molecule has 0 saturated carbocycles. The van der Waals surface area contributed by atoms with E-state index in [1.807, 2.05) is 19.1 Å². The van der Waals surface area contributed by atoms with Crippen LogP contribution in [-0.4, -0.2) is 30.1 Å². The van der Waals surface area contributed by atoms with Crippen molar-refractivity contribution in [3.63, 3.8) is 0 Å². The van der Waals surface area contributed by atoms with E-state index in [9.17, 15) is 14.7 Å². The first kappa shape index (κ1) is 26.7. The van der Waals surface area contributed by atoms with Crippen LogP contribution < -0.4 is 4.74 Å². The van der Waals surface area contributed by atoms with Crippen LogP contribution in [0.25, 0.3) is 0 Å². The Kier molecular flexibility index (Phi) is 10.3. The van der Waals surface area contributed by atoms with Crippen LogP contribution in [0.4, 0.5) is 0 Å². The van der Waals surface area contributed by atoms with Gasteiger partial charge in [0.2, 0.25) is 0 Å². The Morgan fingerprint density at radius 3 is 2.10 bits per heavy atom. The van der Waals surface area contributed by atoms with Gasteiger partial charge >= 0.3 is 5.97 Å². The molecule has 174 valence electrons. The lowest BCUT2D eigenvalue weighted by Crippen LogP contribution is -2.24. The number of Topliss-reactive ketones (excluding diaryl/α,β-unsaturated/α-hetero) is 1. The molecule has 0 aliphatic carbocycles. The number of esters is 1. The molecule has 1 rings (SSSR count). The van der Waals surface area contributed by atoms with Gasteiger partial charge in [-0.1, -0.05) is 60.1 Å². The number of carbonyl (C=O) groups is 2. The van der Waals surface area contributed by atoms with Crippen molar-refractivity contribution in [1.29, 1.82) is 0 Å². The first-order valence-electron chi connectivity index (χ1n) is 11.2. The second-order valence-electron chi connectivity index (χ2n) is 9.97. The van der Waals surface area contributed by atoms with E-state index in [2.05, 4.69) is 46.8 Å². The number of aliphatic hydroxyl groups is 1. The number of aliphatic hydroxyl groups excluding tert-OH is 1. The molecule has 0 saturated heterocycles. The summed E-state index contributed by atoms with van der Waals surface area (Å²) in [4.78, 5) is 23.8. The van der Waals surface area contributed by atoms with Gasteiger partial charge in [0, 0.05) is 6.42 Å². The van der Waals surface area contributed by atoms with E-state index in [1.54, 1.807) is 0 Å². The van der Waals surface area contributed by atoms with E-state index >= 15 is 0 Å². The Bertz CT molecular complexity index is 751. The van der Waals surface area contributed by atoms with Gasteiger partial charge in [-0.2, -0.15) is 0 Å². The maximum atomic E-state index is 12.1. The predicted octanol–water partition coefficient (Wildman–Crippen LogP) is 6.30. The zero-order valence-corrected chi connectivity index (χ0v) is 20.3. The van der Waals surface area contributed by atoms with Crippen molar-refractivity contribution >= 4 is 11.8 Å². The average molecular weight is 433 g/mol. The fraction of sp³-hybridized carbons (Fsp3) is 0.615. The van der Waals surface area contributed by atoms with E-state index in [-0.39, 0.29) is 35.2 Å². The second kappa shape index (κ2) is 11.9. The van der Waals surface area contributed by atoms with Crippen LogP contribution >= 0.6 is 0 Å². The summed E-state index contributed by atoms with van der Waals surface area (Å²) in [6.45, 7) is 15.1. The number of hydrogen-bond acceptors (Lipinski definition) is 5. The summed E-state index contributed by atoms with van der Waals surface area (Å²) in [5, 5.41) is 10.2. The van der Waals surface area contributed by atoms with Crippen molar-refractivity contribution in [2.45, 2.75) is 86.0 Å². The van der Waals surface area contributed by atoms with Gasteiger partial charge in [-0.3, -0.25) is 4.79 Å². The molecule has 0 amide bonds. The quantitative estimate of drug-likeness (QED) is 0.105. The molecule has 1 aromatic rings. The first-order valence-corrected chi connectivity index (χ1v) is 11.2. The topological polar surface area (TPSA) is 72.8 Å². The number of benzene rings is 1. The fourth-order valence-corrected chi connectivity index (χ4v) is 3.83. The Hall–Kier alpha value is -2.30. The molecule has 1 N–H and O–H groups in total. The third-order valence-corrected chi connectivity index (χ3v) is 5.01. The smallest absolute Gasteiger partial charge is 0.345 e. The molecule has 0 atom stereocenters. The highest BCUT2D eigenvalue weighted by Crippen LogP contribution is 2.36. The molecule has 0 unspecified atom stereocenters. The maximum absolute atomic E-state index is 12.1. The highest BCUT2D eigenvalue weighted by molar-refractivity contribution is 6.16. The number of ether oxygens (including phenoxy) is 2. The number of rotatable bonds is 12. The van der Waals surface area contributed by atoms with E-state index < -0.39 is 11.8 Å². The van der Waals surface area contributed by atoms with Gasteiger partial charge < -0.3 is 14.6 Å². The Morgan fingerprint density at radius 2 is 1.58 bits per heavy atom. The average Bonchev–Trinajstić information content (AvgIpc) is 2.64. The van der Waals surface area contributed by atoms with Crippen molar-refractivity contribution in [1.82, 2.24) is 0 Å². The molecule has 0 aliphatic rings. The van der Waals surface area contributed by atoms with Crippen molar-refractivity contribution in [3.05, 3.63) is 41.2 Å². The van der Waals surface area contributed by atoms with Crippen molar-refractivity contribution < 1.29 is 24.2 Å². The molecule has 0 aliphatic heterocycles. The molecular formula is C26H40O5. The zero-order chi connectivity index (χ0) is 23.7. The van der Waals surface area contributed by atoms with Gasteiger partial charge in [0.25, 0.3) is 0 Å². The maximum Gasteiger partial charge on any atom is 0.345 e. The van der Waals surface area contributed by atoms with Gasteiger partial charge in [-0.05, 0) is 54.7 Å². The van der Waals surface area contributed by atoms with Crippen LogP contribution in [0.5, 0.6) is 5.75 Å². The van der Waals surface area contributed by atoms with Gasteiger partial charge in [-0.25, -0.2) is 4.79 Å². The third-order valence-electron chi connectivity index (χ3n) is 5.01. The predicted molar refractivity (Wildman–Crippen MR) is 124 cm³/mol. The Balaban J connectivity index is 2.62. The van der Waals surface area contributed by atoms with Crippen LogP contribution in [0, 0.1) is 5.41 Å². The van der Waals surface area contributed by atoms with Crippen LogP contribution in [-0.2, 0) is 19.7 Å². The highest BCUT2D eigenvalue weighted by atomic mass is 16.5. The molecule has 5 heteroatoms. The third kappa shape index (κ3) is 9.58. The molecule has 0 bridgehead atoms. The monoisotopic (exact) mass is 432 g/mol. The van der Waals surface area contributed by atoms with E-state index in [4.69, 9.17) is 9.47 Å². The lowest BCUT2D eigenvalue weighted by Gasteiger charge is -2.33. The zero-order valence-electron chi connectivity index (χ0n) is 20.3. The minimum Gasteiger partial charge on any atom is -0.511 e. The number of unbranched alkanes of at least 4 members (excludes halogenated alkanes) is 1. The standard InChI is InChI=1S/C26H40O5/c1-8-9-16-31-24(29)23(19(2)27)22(28)11-10-17-30-21-14-12-20(13-15-21)26(6,7)18-25(3,4)5/h12-15,28H,8-11,16-18H2,1-7H3. The molecule has 0 spiro atoms. The molecule has 0 aromatic heterocycles. The number of ketones is 1. The fourth-order valence-electron chi connectivity index (χ4n) is 3.83. The number of hydrogen-bond donors (Lipinski definition) is 1. The first-order chi connectivity index (χ1) is 14.4. The molecule has 1 aromatic carbocycles. The summed E-state index contributed by atoms with van der Waals surface area (Å²) in [6, 6.07) is 8.11. The van der Waals surface area contributed by atoms with Crippen molar-refractivity contribution in [2.75, 3.05) is 13.2 Å². The second-order valence-corrected chi connectivity index (χ2v) is 9.97. The summed E-state index contributed by atoms with van der Waals surface area (Å²) in [7, 11) is 0. The molecule has 5 nitrogen and oxygen atoms in total. The SMILES string of the molecule is CCCCOC(=O)C(C(C)=O)=C(O)CCCOc1ccc(C(C)(C)CC(C)(C)C)cc1. The Morgan fingerprint density at radius 1 is 0.968 bits per heavy atom. The van der Waals surface area contributed by atoms with Crippen LogP contribution in [0.1, 0.15) is 86.1 Å². The molecular weight excluding hydrogens is 392 g/mol. The Labute approximate surface area is 187 Å². The van der Waals surface area contributed by atoms with Crippen LogP contribution in [0.15, 0.2) is 35.6 Å². The van der Waals surface area contributed by atoms with Crippen molar-refractivity contribution in [3.8, 4) is 5.75 Å². The van der Waals surface area contributed by atoms with Crippen molar-refractivity contribution in [2.24, 2.45) is 5.41 Å². The molecule has 0 heterocycles. The minimum atomic E-state index is -0.757. The van der Waals surface area contributed by atoms with Gasteiger partial charge in [0.15, 0.2) is 5.78 Å².